The summed E-state index contributed by atoms with van der Waals surface area (Å²) in [5, 5.41) is 9.72. The molecule has 4 aromatic rings. The molecule has 1 N–H and O–H groups in total. The first-order valence-corrected chi connectivity index (χ1v) is 15.5. The number of aryl methyl sites for hydroxylation is 2. The van der Waals surface area contributed by atoms with E-state index >= 15 is 0 Å². The van der Waals surface area contributed by atoms with Gasteiger partial charge < -0.3 is 28.5 Å². The second-order valence-electron chi connectivity index (χ2n) is 11.3. The van der Waals surface area contributed by atoms with E-state index in [9.17, 15) is 19.5 Å². The zero-order chi connectivity index (χ0) is 33.2. The molecule has 1 aromatic heterocycles. The second kappa shape index (κ2) is 16.3. The van der Waals surface area contributed by atoms with E-state index in [4.69, 9.17) is 23.4 Å². The van der Waals surface area contributed by atoms with Crippen LogP contribution in [0.25, 0.3) is 11.1 Å². The van der Waals surface area contributed by atoms with Gasteiger partial charge in [0.2, 0.25) is 11.9 Å². The number of carbonyl (C=O) groups is 3. The van der Waals surface area contributed by atoms with E-state index in [0.29, 0.717) is 42.9 Å². The molecule has 2 amide bonds. The van der Waals surface area contributed by atoms with Crippen molar-refractivity contribution in [2.24, 2.45) is 0 Å². The molecule has 3 aromatic carbocycles. The summed E-state index contributed by atoms with van der Waals surface area (Å²) in [6.07, 6.45) is -1.93. The van der Waals surface area contributed by atoms with E-state index in [-0.39, 0.29) is 25.6 Å². The van der Waals surface area contributed by atoms with Crippen molar-refractivity contribution >= 4 is 17.8 Å². The zero-order valence-electron chi connectivity index (χ0n) is 26.5. The fourth-order valence-electron chi connectivity index (χ4n) is 5.45. The number of benzene rings is 3. The Morgan fingerprint density at radius 2 is 1.74 bits per heavy atom. The number of carbonyl (C=O) groups excluding carboxylic acids is 3. The van der Waals surface area contributed by atoms with Crippen molar-refractivity contribution in [1.29, 1.82) is 0 Å². The molecule has 5 rings (SSSR count). The summed E-state index contributed by atoms with van der Waals surface area (Å²) < 4.78 is 28.3. The molecule has 10 nitrogen and oxygen atoms in total. The first-order valence-electron chi connectivity index (χ1n) is 15.5. The number of aliphatic hydroxyl groups excluding tert-OH is 1. The molecular weight excluding hydrogens is 602 g/mol. The molecule has 0 radical (unpaired) electrons. The van der Waals surface area contributed by atoms with E-state index in [1.807, 2.05) is 67.6 Å². The topological polar surface area (TPSA) is 125 Å². The van der Waals surface area contributed by atoms with Crippen molar-refractivity contribution in [2.45, 2.75) is 44.6 Å². The van der Waals surface area contributed by atoms with Crippen LogP contribution in [-0.2, 0) is 36.8 Å². The lowest BCUT2D eigenvalue weighted by Crippen LogP contribution is -2.45. The SMILES string of the molecule is CO[C@H](C(=O)c1cc(-c2cccc(C)c2)c(CCCOC[C@@H](CO)OCc2ccccc2)o1)C(=O)N1C(=O)OC[C@H]1c1ccccc1. The third-order valence-corrected chi connectivity index (χ3v) is 7.90. The molecule has 246 valence electrons. The number of nitrogens with zero attached hydrogens (tertiary/aromatic N) is 1. The van der Waals surface area contributed by atoms with Crippen LogP contribution in [-0.4, -0.2) is 73.5 Å². The maximum Gasteiger partial charge on any atom is 0.417 e. The number of cyclic esters (lactones) is 1. The number of hydrogen-bond donors (Lipinski definition) is 1. The van der Waals surface area contributed by atoms with Gasteiger partial charge in [-0.05, 0) is 36.1 Å². The Kier molecular flexibility index (Phi) is 11.7. The van der Waals surface area contributed by atoms with Gasteiger partial charge in [-0.2, -0.15) is 0 Å². The molecule has 10 heteroatoms. The van der Waals surface area contributed by atoms with Crippen LogP contribution in [0.4, 0.5) is 4.79 Å². The van der Waals surface area contributed by atoms with Crippen LogP contribution in [0.2, 0.25) is 0 Å². The first-order chi connectivity index (χ1) is 22.9. The Bertz CT molecular complexity index is 1640. The third-order valence-electron chi connectivity index (χ3n) is 7.90. The highest BCUT2D eigenvalue weighted by atomic mass is 16.6. The van der Waals surface area contributed by atoms with E-state index < -0.39 is 36.0 Å². The number of ether oxygens (including phenoxy) is 4. The highest BCUT2D eigenvalue weighted by Crippen LogP contribution is 2.32. The Morgan fingerprint density at radius 3 is 2.45 bits per heavy atom. The third kappa shape index (κ3) is 8.41. The van der Waals surface area contributed by atoms with Gasteiger partial charge in [0.15, 0.2) is 5.76 Å². The van der Waals surface area contributed by atoms with Gasteiger partial charge in [0.05, 0.1) is 19.8 Å². The van der Waals surface area contributed by atoms with Crippen LogP contribution >= 0.6 is 0 Å². The van der Waals surface area contributed by atoms with Gasteiger partial charge in [0.25, 0.3) is 5.91 Å². The maximum absolute atomic E-state index is 13.8. The minimum Gasteiger partial charge on any atom is -0.457 e. The molecule has 0 bridgehead atoms. The number of amides is 2. The summed E-state index contributed by atoms with van der Waals surface area (Å²) in [5.41, 5.74) is 4.30. The van der Waals surface area contributed by atoms with E-state index in [1.165, 1.54) is 7.11 Å². The fraction of sp³-hybridized carbons (Fsp3) is 0.324. The smallest absolute Gasteiger partial charge is 0.417 e. The lowest BCUT2D eigenvalue weighted by Gasteiger charge is -2.23. The minimum atomic E-state index is -1.62. The maximum atomic E-state index is 13.8. The van der Waals surface area contributed by atoms with Crippen LogP contribution in [0.15, 0.2) is 95.4 Å². The molecule has 3 atom stereocenters. The summed E-state index contributed by atoms with van der Waals surface area (Å²) in [7, 11) is 1.24. The molecule has 1 aliphatic heterocycles. The van der Waals surface area contributed by atoms with Crippen molar-refractivity contribution < 1.29 is 42.9 Å². The Labute approximate surface area is 273 Å². The Morgan fingerprint density at radius 1 is 1.00 bits per heavy atom. The number of hydrogen-bond acceptors (Lipinski definition) is 9. The van der Waals surface area contributed by atoms with Crippen LogP contribution < -0.4 is 0 Å². The van der Waals surface area contributed by atoms with Crippen molar-refractivity contribution in [3.8, 4) is 11.1 Å². The Balaban J connectivity index is 1.27. The first kappa shape index (κ1) is 33.7. The number of Topliss-reactive ketones (excluding diaryl/α,β-unsaturated/α-hetero) is 1. The highest BCUT2D eigenvalue weighted by molar-refractivity contribution is 6.14. The van der Waals surface area contributed by atoms with Gasteiger partial charge in [-0.1, -0.05) is 90.5 Å². The number of aliphatic hydroxyl groups is 1. The molecular formula is C37H39NO9. The number of rotatable bonds is 16. The van der Waals surface area contributed by atoms with Gasteiger partial charge in [0, 0.05) is 25.7 Å². The van der Waals surface area contributed by atoms with Crippen molar-refractivity contribution in [1.82, 2.24) is 4.90 Å². The molecule has 1 aliphatic rings. The summed E-state index contributed by atoms with van der Waals surface area (Å²) in [6, 6.07) is 27.4. The van der Waals surface area contributed by atoms with Crippen molar-refractivity contribution in [2.75, 3.05) is 33.5 Å². The molecule has 0 saturated carbocycles. The molecule has 47 heavy (non-hydrogen) atoms. The molecule has 0 aliphatic carbocycles. The number of methoxy groups -OCH3 is 1. The second-order valence-corrected chi connectivity index (χ2v) is 11.3. The lowest BCUT2D eigenvalue weighted by molar-refractivity contribution is -0.137. The molecule has 1 fully saturated rings. The fourth-order valence-corrected chi connectivity index (χ4v) is 5.45. The molecule has 2 heterocycles. The highest BCUT2D eigenvalue weighted by Gasteiger charge is 2.44. The van der Waals surface area contributed by atoms with Gasteiger partial charge in [-0.3, -0.25) is 9.59 Å². The minimum absolute atomic E-state index is 0.0259. The largest absolute Gasteiger partial charge is 0.457 e. The summed E-state index contributed by atoms with van der Waals surface area (Å²) in [6.45, 7) is 2.72. The normalized spacial score (nSPS) is 15.8. The number of imide groups is 1. The average Bonchev–Trinajstić information content (AvgIpc) is 3.71. The summed E-state index contributed by atoms with van der Waals surface area (Å²) in [5.74, 6) is -1.05. The average molecular weight is 642 g/mol. The predicted octanol–water partition coefficient (Wildman–Crippen LogP) is 5.70. The molecule has 1 saturated heterocycles. The van der Waals surface area contributed by atoms with Crippen molar-refractivity contribution in [3.05, 3.63) is 119 Å². The number of furan rings is 1. The zero-order valence-corrected chi connectivity index (χ0v) is 26.5. The summed E-state index contributed by atoms with van der Waals surface area (Å²) >= 11 is 0. The van der Waals surface area contributed by atoms with E-state index in [2.05, 4.69) is 0 Å². The van der Waals surface area contributed by atoms with Crippen LogP contribution in [0, 0.1) is 6.92 Å². The monoisotopic (exact) mass is 641 g/mol. The number of ketones is 1. The summed E-state index contributed by atoms with van der Waals surface area (Å²) in [4.78, 5) is 41.0. The van der Waals surface area contributed by atoms with E-state index in [0.717, 1.165) is 21.6 Å². The molecule has 0 spiro atoms. The van der Waals surface area contributed by atoms with Crippen LogP contribution in [0.1, 0.15) is 45.5 Å². The van der Waals surface area contributed by atoms with E-state index in [1.54, 1.807) is 30.3 Å². The van der Waals surface area contributed by atoms with Crippen LogP contribution in [0.5, 0.6) is 0 Å². The van der Waals surface area contributed by atoms with Crippen LogP contribution in [0.3, 0.4) is 0 Å². The standard InChI is InChI=1S/C37H39NO9/c1-25-11-9-16-28(19-25)30-20-33(47-32(30)17-10-18-44-23-29(21-39)45-22-26-12-5-3-6-13-26)34(40)35(43-2)36(41)38-31(24-46-37(38)42)27-14-7-4-8-15-27/h3-9,11-16,19-20,29,31,35,39H,10,17-18,21-24H2,1-2H3/t29-,31+,35-/m1/s1. The quantitative estimate of drug-likeness (QED) is 0.0932. The molecule has 0 unspecified atom stereocenters. The van der Waals surface area contributed by atoms with Gasteiger partial charge in [0.1, 0.15) is 24.5 Å². The van der Waals surface area contributed by atoms with Crippen molar-refractivity contribution in [3.63, 3.8) is 0 Å². The lowest BCUT2D eigenvalue weighted by atomic mass is 10.0. The Hall–Kier alpha value is -4.61. The predicted molar refractivity (Wildman–Crippen MR) is 173 cm³/mol. The van der Waals surface area contributed by atoms with Gasteiger partial charge in [-0.15, -0.1) is 0 Å². The van der Waals surface area contributed by atoms with Gasteiger partial charge in [-0.25, -0.2) is 9.69 Å². The van der Waals surface area contributed by atoms with Gasteiger partial charge >= 0.3 is 6.09 Å².